The molecule has 1 fully saturated rings. The molecule has 2 rings (SSSR count). The molecule has 0 bridgehead atoms. The maximum absolute atomic E-state index is 13.8. The summed E-state index contributed by atoms with van der Waals surface area (Å²) in [5.41, 5.74) is -0.536. The Labute approximate surface area is 146 Å². The first kappa shape index (κ1) is 19.3. The van der Waals surface area contributed by atoms with Crippen molar-refractivity contribution in [2.24, 2.45) is 5.92 Å². The first-order chi connectivity index (χ1) is 11.6. The average molecular weight is 372 g/mol. The minimum Gasteiger partial charge on any atom is -0.452 e. The molecule has 138 valence electrons. The SMILES string of the molecule is C[C@@H](NC(=O)COC(=O)c1cc(S(=O)(=O)N(C)C)ccc1F)C1CC1. The molecular weight excluding hydrogens is 351 g/mol. The molecule has 7 nitrogen and oxygen atoms in total. The van der Waals surface area contributed by atoms with E-state index in [0.717, 1.165) is 35.3 Å². The van der Waals surface area contributed by atoms with Crippen molar-refractivity contribution in [1.82, 2.24) is 9.62 Å². The van der Waals surface area contributed by atoms with Gasteiger partial charge in [-0.25, -0.2) is 21.9 Å². The van der Waals surface area contributed by atoms with E-state index < -0.39 is 39.9 Å². The Hall–Kier alpha value is -2.00. The van der Waals surface area contributed by atoms with E-state index in [2.05, 4.69) is 5.32 Å². The lowest BCUT2D eigenvalue weighted by molar-refractivity contribution is -0.125. The van der Waals surface area contributed by atoms with Crippen molar-refractivity contribution in [2.75, 3.05) is 20.7 Å². The van der Waals surface area contributed by atoms with Crippen LogP contribution >= 0.6 is 0 Å². The number of benzene rings is 1. The maximum Gasteiger partial charge on any atom is 0.341 e. The summed E-state index contributed by atoms with van der Waals surface area (Å²) in [5.74, 6) is -2.05. The molecule has 0 radical (unpaired) electrons. The fourth-order valence-corrected chi connectivity index (χ4v) is 3.18. The van der Waals surface area contributed by atoms with Crippen LogP contribution in [0.25, 0.3) is 0 Å². The van der Waals surface area contributed by atoms with Gasteiger partial charge in [0, 0.05) is 20.1 Å². The van der Waals surface area contributed by atoms with Crippen LogP contribution < -0.4 is 5.32 Å². The molecule has 1 aliphatic carbocycles. The molecule has 0 heterocycles. The average Bonchev–Trinajstić information content (AvgIpc) is 3.37. The largest absolute Gasteiger partial charge is 0.452 e. The van der Waals surface area contributed by atoms with Crippen LogP contribution in [0.15, 0.2) is 23.1 Å². The van der Waals surface area contributed by atoms with Crippen molar-refractivity contribution < 1.29 is 27.1 Å². The Balaban J connectivity index is 2.04. The van der Waals surface area contributed by atoms with Crippen molar-refractivity contribution in [3.05, 3.63) is 29.6 Å². The normalized spacial score (nSPS) is 15.7. The number of carbonyl (C=O) groups is 2. The van der Waals surface area contributed by atoms with Crippen molar-refractivity contribution in [1.29, 1.82) is 0 Å². The molecular formula is C16H21FN2O5S. The van der Waals surface area contributed by atoms with Gasteiger partial charge in [0.25, 0.3) is 5.91 Å². The predicted octanol–water partition coefficient (Wildman–Crippen LogP) is 1.15. The zero-order chi connectivity index (χ0) is 18.8. The van der Waals surface area contributed by atoms with Gasteiger partial charge in [0.1, 0.15) is 5.82 Å². The molecule has 1 saturated carbocycles. The summed E-state index contributed by atoms with van der Waals surface area (Å²) in [6.45, 7) is 1.31. The van der Waals surface area contributed by atoms with Crippen molar-refractivity contribution >= 4 is 21.9 Å². The van der Waals surface area contributed by atoms with Crippen LogP contribution in [0.3, 0.4) is 0 Å². The van der Waals surface area contributed by atoms with Gasteiger partial charge in [-0.15, -0.1) is 0 Å². The Morgan fingerprint density at radius 1 is 1.36 bits per heavy atom. The summed E-state index contributed by atoms with van der Waals surface area (Å²) in [6.07, 6.45) is 2.11. The number of ether oxygens (including phenoxy) is 1. The number of amides is 1. The van der Waals surface area contributed by atoms with Crippen molar-refractivity contribution in [3.8, 4) is 0 Å². The van der Waals surface area contributed by atoms with E-state index in [0.29, 0.717) is 5.92 Å². The Morgan fingerprint density at radius 3 is 2.56 bits per heavy atom. The molecule has 1 amide bonds. The zero-order valence-electron chi connectivity index (χ0n) is 14.3. The monoisotopic (exact) mass is 372 g/mol. The molecule has 1 aromatic rings. The lowest BCUT2D eigenvalue weighted by Gasteiger charge is -2.14. The minimum absolute atomic E-state index is 0.00324. The molecule has 9 heteroatoms. The van der Waals surface area contributed by atoms with E-state index in [-0.39, 0.29) is 10.9 Å². The Morgan fingerprint density at radius 2 is 2.00 bits per heavy atom. The third kappa shape index (κ3) is 4.76. The topological polar surface area (TPSA) is 92.8 Å². The summed E-state index contributed by atoms with van der Waals surface area (Å²) in [5, 5.41) is 2.70. The number of hydrogen-bond donors (Lipinski definition) is 1. The number of nitrogens with zero attached hydrogens (tertiary/aromatic N) is 1. The summed E-state index contributed by atoms with van der Waals surface area (Å²) >= 11 is 0. The Kier molecular flexibility index (Phi) is 5.79. The van der Waals surface area contributed by atoms with Gasteiger partial charge < -0.3 is 10.1 Å². The minimum atomic E-state index is -3.82. The molecule has 1 atom stereocenters. The molecule has 0 aliphatic heterocycles. The van der Waals surface area contributed by atoms with E-state index in [9.17, 15) is 22.4 Å². The third-order valence-corrected chi connectivity index (χ3v) is 5.80. The molecule has 1 N–H and O–H groups in total. The lowest BCUT2D eigenvalue weighted by atomic mass is 10.2. The van der Waals surface area contributed by atoms with Crippen LogP contribution in [0.1, 0.15) is 30.1 Å². The smallest absolute Gasteiger partial charge is 0.341 e. The number of nitrogens with one attached hydrogen (secondary N) is 1. The maximum atomic E-state index is 13.8. The van der Waals surface area contributed by atoms with Crippen molar-refractivity contribution in [2.45, 2.75) is 30.7 Å². The second-order valence-corrected chi connectivity index (χ2v) is 8.35. The van der Waals surface area contributed by atoms with Gasteiger partial charge in [-0.05, 0) is 43.9 Å². The highest BCUT2D eigenvalue weighted by atomic mass is 32.2. The number of carbonyl (C=O) groups excluding carboxylic acids is 2. The van der Waals surface area contributed by atoms with Gasteiger partial charge in [0.15, 0.2) is 6.61 Å². The summed E-state index contributed by atoms with van der Waals surface area (Å²) in [7, 11) is -1.18. The van der Waals surface area contributed by atoms with Gasteiger partial charge in [-0.1, -0.05) is 0 Å². The molecule has 25 heavy (non-hydrogen) atoms. The second kappa shape index (κ2) is 7.49. The fourth-order valence-electron chi connectivity index (χ4n) is 2.25. The van der Waals surface area contributed by atoms with E-state index in [1.165, 1.54) is 14.1 Å². The zero-order valence-corrected chi connectivity index (χ0v) is 15.1. The Bertz CT molecular complexity index is 775. The van der Waals surface area contributed by atoms with Gasteiger partial charge in [0.2, 0.25) is 10.0 Å². The highest BCUT2D eigenvalue weighted by molar-refractivity contribution is 7.89. The first-order valence-electron chi connectivity index (χ1n) is 7.81. The predicted molar refractivity (Wildman–Crippen MR) is 87.9 cm³/mol. The highest BCUT2D eigenvalue weighted by Gasteiger charge is 2.29. The first-order valence-corrected chi connectivity index (χ1v) is 9.25. The van der Waals surface area contributed by atoms with Crippen molar-refractivity contribution in [3.63, 3.8) is 0 Å². The van der Waals surface area contributed by atoms with Gasteiger partial charge >= 0.3 is 5.97 Å². The number of halogens is 1. The molecule has 0 unspecified atom stereocenters. The van der Waals surface area contributed by atoms with Crippen LogP contribution in [-0.2, 0) is 19.6 Å². The molecule has 0 spiro atoms. The van der Waals surface area contributed by atoms with Crippen LogP contribution in [0.2, 0.25) is 0 Å². The number of hydrogen-bond acceptors (Lipinski definition) is 5. The van der Waals surface area contributed by atoms with E-state index in [4.69, 9.17) is 4.74 Å². The second-order valence-electron chi connectivity index (χ2n) is 6.20. The van der Waals surface area contributed by atoms with E-state index in [1.54, 1.807) is 0 Å². The van der Waals surface area contributed by atoms with Crippen LogP contribution in [0, 0.1) is 11.7 Å². The van der Waals surface area contributed by atoms with Gasteiger partial charge in [-0.2, -0.15) is 0 Å². The third-order valence-electron chi connectivity index (χ3n) is 3.99. The van der Waals surface area contributed by atoms with Gasteiger partial charge in [0.05, 0.1) is 10.5 Å². The molecule has 0 aromatic heterocycles. The quantitative estimate of drug-likeness (QED) is 0.725. The highest BCUT2D eigenvalue weighted by Crippen LogP contribution is 2.32. The molecule has 1 aliphatic rings. The van der Waals surface area contributed by atoms with Crippen LogP contribution in [0.5, 0.6) is 0 Å². The van der Waals surface area contributed by atoms with Crippen LogP contribution in [-0.4, -0.2) is 51.3 Å². The fraction of sp³-hybridized carbons (Fsp3) is 0.500. The molecule has 0 saturated heterocycles. The lowest BCUT2D eigenvalue weighted by Crippen LogP contribution is -2.37. The summed E-state index contributed by atoms with van der Waals surface area (Å²) in [6, 6.07) is 2.84. The summed E-state index contributed by atoms with van der Waals surface area (Å²) in [4.78, 5) is 23.5. The molecule has 1 aromatic carbocycles. The summed E-state index contributed by atoms with van der Waals surface area (Å²) < 4.78 is 43.7. The number of rotatable bonds is 7. The standard InChI is InChI=1S/C16H21FN2O5S/c1-10(11-4-5-11)18-15(20)9-24-16(21)13-8-12(6-7-14(13)17)25(22,23)19(2)3/h6-8,10-11H,4-5,9H2,1-3H3,(H,18,20)/t10-/m1/s1. The van der Waals surface area contributed by atoms with Crippen LogP contribution in [0.4, 0.5) is 4.39 Å². The van der Waals surface area contributed by atoms with E-state index in [1.807, 2.05) is 6.92 Å². The van der Waals surface area contributed by atoms with Gasteiger partial charge in [-0.3, -0.25) is 4.79 Å². The number of esters is 1. The van der Waals surface area contributed by atoms with E-state index >= 15 is 0 Å². The number of sulfonamides is 1.